The van der Waals surface area contributed by atoms with Gasteiger partial charge in [0.15, 0.2) is 5.78 Å². The van der Waals surface area contributed by atoms with Crippen molar-refractivity contribution in [2.45, 2.75) is 39.2 Å². The van der Waals surface area contributed by atoms with Crippen molar-refractivity contribution >= 4 is 5.78 Å². The van der Waals surface area contributed by atoms with Gasteiger partial charge in [-0.05, 0) is 91.9 Å². The predicted molar refractivity (Wildman–Crippen MR) is 159 cm³/mol. The summed E-state index contributed by atoms with van der Waals surface area (Å²) in [6, 6.07) is 28.7. The highest BCUT2D eigenvalue weighted by Gasteiger charge is 2.18. The number of piperidine rings is 1. The summed E-state index contributed by atoms with van der Waals surface area (Å²) >= 11 is 0. The Kier molecular flexibility index (Phi) is 8.13. The number of benzene rings is 4. The maximum Gasteiger partial charge on any atom is 0.167 e. The summed E-state index contributed by atoms with van der Waals surface area (Å²) in [5.74, 6) is 1.78. The number of hydrogen-bond donors (Lipinski definition) is 0. The van der Waals surface area contributed by atoms with Gasteiger partial charge in [0.1, 0.15) is 17.6 Å². The highest BCUT2D eigenvalue weighted by Crippen LogP contribution is 2.32. The van der Waals surface area contributed by atoms with Crippen molar-refractivity contribution in [1.29, 1.82) is 0 Å². The lowest BCUT2D eigenvalue weighted by Crippen LogP contribution is -2.35. The predicted octanol–water partition coefficient (Wildman–Crippen LogP) is 7.54. The summed E-state index contributed by atoms with van der Waals surface area (Å²) < 4.78 is 11.8. The lowest BCUT2D eigenvalue weighted by Gasteiger charge is -2.29. The highest BCUT2D eigenvalue weighted by atomic mass is 16.5. The fourth-order valence-electron chi connectivity index (χ4n) is 5.37. The molecule has 4 nitrogen and oxygen atoms in total. The van der Waals surface area contributed by atoms with E-state index >= 15 is 0 Å². The molecule has 5 rings (SSSR count). The molecular formula is C35H37NO3. The number of methoxy groups -OCH3 is 1. The van der Waals surface area contributed by atoms with Gasteiger partial charge in [-0.25, -0.2) is 0 Å². The van der Waals surface area contributed by atoms with Crippen LogP contribution in [0, 0.1) is 13.8 Å². The van der Waals surface area contributed by atoms with Crippen molar-refractivity contribution in [3.63, 3.8) is 0 Å². The standard InChI is InChI=1S/C35H37NO3/c1-24-6-5-7-28(20-24)33-23-29(11-15-35(33)38-4)34(37)22-26-8-14-32(25(2)21-26)27-9-12-30(13-10-27)39-31-16-18-36(3)19-17-31/h5-15,20-21,23,31H,16-19,22H2,1-4H3. The maximum atomic E-state index is 13.3. The molecule has 0 unspecified atom stereocenters. The molecule has 0 atom stereocenters. The average Bonchev–Trinajstić information content (AvgIpc) is 2.94. The molecule has 0 bridgehead atoms. The monoisotopic (exact) mass is 519 g/mol. The number of rotatable bonds is 8. The van der Waals surface area contributed by atoms with Crippen LogP contribution in [0.15, 0.2) is 84.9 Å². The molecule has 1 aliphatic heterocycles. The molecule has 0 saturated carbocycles. The van der Waals surface area contributed by atoms with Crippen LogP contribution in [0.5, 0.6) is 11.5 Å². The molecule has 0 aliphatic carbocycles. The Bertz CT molecular complexity index is 1450. The first-order chi connectivity index (χ1) is 18.9. The Morgan fingerprint density at radius 2 is 1.62 bits per heavy atom. The normalized spacial score (nSPS) is 14.3. The summed E-state index contributed by atoms with van der Waals surface area (Å²) in [4.78, 5) is 15.6. The smallest absolute Gasteiger partial charge is 0.167 e. The first kappa shape index (κ1) is 26.7. The second-order valence-electron chi connectivity index (χ2n) is 10.7. The maximum absolute atomic E-state index is 13.3. The zero-order chi connectivity index (χ0) is 27.4. The number of carbonyl (C=O) groups excluding carboxylic acids is 1. The molecule has 1 heterocycles. The Labute approximate surface area is 232 Å². The summed E-state index contributed by atoms with van der Waals surface area (Å²) in [6.45, 7) is 6.34. The van der Waals surface area contributed by atoms with E-state index in [1.54, 1.807) is 7.11 Å². The van der Waals surface area contributed by atoms with Crippen LogP contribution < -0.4 is 9.47 Å². The topological polar surface area (TPSA) is 38.8 Å². The van der Waals surface area contributed by atoms with Crippen LogP contribution >= 0.6 is 0 Å². The summed E-state index contributed by atoms with van der Waals surface area (Å²) in [5, 5.41) is 0. The van der Waals surface area contributed by atoms with Crippen LogP contribution in [0.25, 0.3) is 22.3 Å². The van der Waals surface area contributed by atoms with Crippen molar-refractivity contribution < 1.29 is 14.3 Å². The van der Waals surface area contributed by atoms with Gasteiger partial charge >= 0.3 is 0 Å². The van der Waals surface area contributed by atoms with Gasteiger partial charge in [0.25, 0.3) is 0 Å². The third kappa shape index (κ3) is 6.40. The van der Waals surface area contributed by atoms with Gasteiger partial charge in [0.05, 0.1) is 7.11 Å². The zero-order valence-corrected chi connectivity index (χ0v) is 23.4. The SMILES string of the molecule is COc1ccc(C(=O)Cc2ccc(-c3ccc(OC4CCN(C)CC4)cc3)c(C)c2)cc1-c1cccc(C)c1. The van der Waals surface area contributed by atoms with E-state index < -0.39 is 0 Å². The Balaban J connectivity index is 1.28. The number of ether oxygens (including phenoxy) is 2. The van der Waals surface area contributed by atoms with Crippen molar-refractivity contribution in [2.24, 2.45) is 0 Å². The van der Waals surface area contributed by atoms with Gasteiger partial charge in [-0.1, -0.05) is 60.2 Å². The minimum Gasteiger partial charge on any atom is -0.496 e. The molecular weight excluding hydrogens is 482 g/mol. The molecule has 1 saturated heterocycles. The molecule has 4 aromatic rings. The Morgan fingerprint density at radius 3 is 2.31 bits per heavy atom. The third-order valence-corrected chi connectivity index (χ3v) is 7.64. The lowest BCUT2D eigenvalue weighted by molar-refractivity contribution is 0.0993. The molecule has 1 aliphatic rings. The van der Waals surface area contributed by atoms with Gasteiger partial charge < -0.3 is 14.4 Å². The fraction of sp³-hybridized carbons (Fsp3) is 0.286. The molecule has 0 amide bonds. The Hall–Kier alpha value is -3.89. The van der Waals surface area contributed by atoms with E-state index in [0.717, 1.165) is 65.2 Å². The third-order valence-electron chi connectivity index (χ3n) is 7.64. The van der Waals surface area contributed by atoms with Crippen LogP contribution in [-0.4, -0.2) is 44.0 Å². The number of ketones is 1. The summed E-state index contributed by atoms with van der Waals surface area (Å²) in [6.07, 6.45) is 2.79. The molecule has 0 N–H and O–H groups in total. The molecule has 1 fully saturated rings. The second-order valence-corrected chi connectivity index (χ2v) is 10.7. The van der Waals surface area contributed by atoms with Crippen molar-refractivity contribution in [2.75, 3.05) is 27.2 Å². The van der Waals surface area contributed by atoms with Crippen molar-refractivity contribution in [3.05, 3.63) is 107 Å². The molecule has 4 aromatic carbocycles. The molecule has 0 spiro atoms. The number of aryl methyl sites for hydroxylation is 2. The number of carbonyl (C=O) groups is 1. The van der Waals surface area contributed by atoms with Crippen molar-refractivity contribution in [3.8, 4) is 33.8 Å². The fourth-order valence-corrected chi connectivity index (χ4v) is 5.37. The van der Waals surface area contributed by atoms with Crippen LogP contribution in [0.4, 0.5) is 0 Å². The molecule has 0 aromatic heterocycles. The number of Topliss-reactive ketones (excluding diaryl/α,β-unsaturated/α-hetero) is 1. The van der Waals surface area contributed by atoms with E-state index in [1.807, 2.05) is 24.3 Å². The van der Waals surface area contributed by atoms with Gasteiger partial charge in [0, 0.05) is 30.6 Å². The van der Waals surface area contributed by atoms with Crippen molar-refractivity contribution in [1.82, 2.24) is 4.90 Å². The van der Waals surface area contributed by atoms with E-state index in [4.69, 9.17) is 9.47 Å². The van der Waals surface area contributed by atoms with Gasteiger partial charge in [-0.3, -0.25) is 4.79 Å². The van der Waals surface area contributed by atoms with Gasteiger partial charge in [-0.15, -0.1) is 0 Å². The quantitative estimate of drug-likeness (QED) is 0.225. The molecule has 39 heavy (non-hydrogen) atoms. The molecule has 0 radical (unpaired) electrons. The zero-order valence-electron chi connectivity index (χ0n) is 23.4. The van der Waals surface area contributed by atoms with E-state index in [0.29, 0.717) is 18.1 Å². The minimum absolute atomic E-state index is 0.0918. The van der Waals surface area contributed by atoms with E-state index in [9.17, 15) is 4.79 Å². The van der Waals surface area contributed by atoms with Crippen LogP contribution in [-0.2, 0) is 6.42 Å². The van der Waals surface area contributed by atoms with Gasteiger partial charge in [-0.2, -0.15) is 0 Å². The first-order valence-corrected chi connectivity index (χ1v) is 13.7. The van der Waals surface area contributed by atoms with Crippen LogP contribution in [0.1, 0.15) is 39.9 Å². The summed E-state index contributed by atoms with van der Waals surface area (Å²) in [5.41, 5.74) is 8.32. The average molecular weight is 520 g/mol. The number of likely N-dealkylation sites (tertiary alicyclic amines) is 1. The largest absolute Gasteiger partial charge is 0.496 e. The van der Waals surface area contributed by atoms with Crippen LogP contribution in [0.2, 0.25) is 0 Å². The number of hydrogen-bond acceptors (Lipinski definition) is 4. The van der Waals surface area contributed by atoms with Crippen LogP contribution in [0.3, 0.4) is 0 Å². The lowest BCUT2D eigenvalue weighted by atomic mass is 9.94. The van der Waals surface area contributed by atoms with E-state index in [-0.39, 0.29) is 5.78 Å². The minimum atomic E-state index is 0.0918. The first-order valence-electron chi connectivity index (χ1n) is 13.7. The number of nitrogens with zero attached hydrogens (tertiary/aromatic N) is 1. The van der Waals surface area contributed by atoms with E-state index in [2.05, 4.69) is 86.5 Å². The summed E-state index contributed by atoms with van der Waals surface area (Å²) in [7, 11) is 3.83. The highest BCUT2D eigenvalue weighted by molar-refractivity contribution is 5.99. The second kappa shape index (κ2) is 11.9. The Morgan fingerprint density at radius 1 is 0.846 bits per heavy atom. The van der Waals surface area contributed by atoms with Gasteiger partial charge in [0.2, 0.25) is 0 Å². The molecule has 200 valence electrons. The van der Waals surface area contributed by atoms with E-state index in [1.165, 1.54) is 11.1 Å². The molecule has 4 heteroatoms.